The van der Waals surface area contributed by atoms with Gasteiger partial charge in [0.05, 0.1) is 0 Å². The van der Waals surface area contributed by atoms with Crippen molar-refractivity contribution in [1.82, 2.24) is 0 Å². The monoisotopic (exact) mass is 1150 g/mol. The van der Waals surface area contributed by atoms with Gasteiger partial charge in [0.25, 0.3) is 0 Å². The Kier molecular flexibility index (Phi) is 66.3. The molecule has 0 fully saturated rings. The molecule has 0 aliphatic rings. The lowest BCUT2D eigenvalue weighted by Gasteiger charge is -2.18. The predicted octanol–water partition coefficient (Wildman–Crippen LogP) is 24.1. The maximum absolute atomic E-state index is 13.0. The van der Waals surface area contributed by atoms with E-state index in [0.717, 1.165) is 148 Å². The molecule has 0 saturated heterocycles. The Morgan fingerprint density at radius 3 is 0.783 bits per heavy atom. The van der Waals surface area contributed by atoms with Crippen LogP contribution in [0.2, 0.25) is 0 Å². The first-order chi connectivity index (χ1) is 41.0. The van der Waals surface area contributed by atoms with E-state index in [4.69, 9.17) is 14.2 Å². The average molecular weight is 1150 g/mol. The molecule has 1 atom stereocenters. The Morgan fingerprint density at radius 2 is 0.494 bits per heavy atom. The fraction of sp³-hybridized carbons (Fsp3) is 0.675. The van der Waals surface area contributed by atoms with Gasteiger partial charge in [0, 0.05) is 19.3 Å². The van der Waals surface area contributed by atoms with Crippen molar-refractivity contribution in [2.45, 2.75) is 322 Å². The van der Waals surface area contributed by atoms with Crippen LogP contribution in [0.4, 0.5) is 0 Å². The predicted molar refractivity (Wildman–Crippen MR) is 362 cm³/mol. The first-order valence-corrected chi connectivity index (χ1v) is 34.7. The van der Waals surface area contributed by atoms with Crippen LogP contribution in [0.15, 0.2) is 134 Å². The number of esters is 3. The van der Waals surface area contributed by atoms with Crippen LogP contribution >= 0.6 is 0 Å². The smallest absolute Gasteiger partial charge is 0.306 e. The minimum Gasteiger partial charge on any atom is -0.462 e. The van der Waals surface area contributed by atoms with E-state index >= 15 is 0 Å². The number of unbranched alkanes of at least 4 members (excludes halogenated alkanes) is 29. The van der Waals surface area contributed by atoms with Gasteiger partial charge in [0.1, 0.15) is 13.2 Å². The van der Waals surface area contributed by atoms with Crippen molar-refractivity contribution < 1.29 is 28.6 Å². The summed E-state index contributed by atoms with van der Waals surface area (Å²) in [6.07, 6.45) is 98.9. The molecule has 0 aliphatic heterocycles. The van der Waals surface area contributed by atoms with Crippen LogP contribution in [-0.4, -0.2) is 37.2 Å². The number of rotatable bonds is 62. The van der Waals surface area contributed by atoms with Crippen molar-refractivity contribution >= 4 is 17.9 Å². The second-order valence-corrected chi connectivity index (χ2v) is 22.7. The summed E-state index contributed by atoms with van der Waals surface area (Å²) in [5, 5.41) is 0. The zero-order valence-corrected chi connectivity index (χ0v) is 54.2. The van der Waals surface area contributed by atoms with Crippen LogP contribution in [0.5, 0.6) is 0 Å². The Balaban J connectivity index is 4.35. The van der Waals surface area contributed by atoms with Crippen LogP contribution in [0, 0.1) is 0 Å². The quantitative estimate of drug-likeness (QED) is 0.0261. The van der Waals surface area contributed by atoms with Crippen molar-refractivity contribution in [1.29, 1.82) is 0 Å². The van der Waals surface area contributed by atoms with Crippen molar-refractivity contribution in [2.24, 2.45) is 0 Å². The SMILES string of the molecule is CC/C=C\C/C=C\C/C=C\C/C=C\C/C=C\C/C=C\CCCCCCCCCCC(=O)OCC(COC(=O)CCCCCCC/C=C\C/C=C\CCC)OC(=O)CCCCCCCCCCCC/C=C\C/C=C\C/C=C\CCCCCCC. The number of hydrogen-bond acceptors (Lipinski definition) is 6. The van der Waals surface area contributed by atoms with Crippen LogP contribution in [-0.2, 0) is 28.6 Å². The normalized spacial score (nSPS) is 13.0. The van der Waals surface area contributed by atoms with Gasteiger partial charge in [-0.05, 0) is 135 Å². The third-order valence-electron chi connectivity index (χ3n) is 14.6. The van der Waals surface area contributed by atoms with Gasteiger partial charge in [-0.2, -0.15) is 0 Å². The lowest BCUT2D eigenvalue weighted by atomic mass is 10.0. The fourth-order valence-corrected chi connectivity index (χ4v) is 9.43. The van der Waals surface area contributed by atoms with E-state index in [1.54, 1.807) is 0 Å². The van der Waals surface area contributed by atoms with Crippen molar-refractivity contribution in [2.75, 3.05) is 13.2 Å². The number of carbonyl (C=O) groups excluding carboxylic acids is 3. The van der Waals surface area contributed by atoms with Crippen molar-refractivity contribution in [3.8, 4) is 0 Å². The van der Waals surface area contributed by atoms with E-state index in [-0.39, 0.29) is 31.1 Å². The van der Waals surface area contributed by atoms with Crippen molar-refractivity contribution in [3.05, 3.63) is 134 Å². The molecule has 0 saturated carbocycles. The lowest BCUT2D eigenvalue weighted by molar-refractivity contribution is -0.167. The van der Waals surface area contributed by atoms with Crippen LogP contribution in [0.1, 0.15) is 316 Å². The van der Waals surface area contributed by atoms with Gasteiger partial charge >= 0.3 is 17.9 Å². The molecule has 1 unspecified atom stereocenters. The molecule has 0 heterocycles. The molecule has 0 aromatic rings. The average Bonchev–Trinajstić information content (AvgIpc) is 3.49. The Hall–Kier alpha value is -4.45. The van der Waals surface area contributed by atoms with Crippen LogP contribution < -0.4 is 0 Å². The first-order valence-electron chi connectivity index (χ1n) is 34.7. The maximum atomic E-state index is 13.0. The molecule has 0 N–H and O–H groups in total. The minimum atomic E-state index is -0.796. The Labute approximate surface area is 513 Å². The molecule has 0 amide bonds. The topological polar surface area (TPSA) is 78.9 Å². The third kappa shape index (κ3) is 68.2. The molecule has 0 aliphatic carbocycles. The highest BCUT2D eigenvalue weighted by atomic mass is 16.6. The number of allylic oxidation sites excluding steroid dienone is 22. The highest BCUT2D eigenvalue weighted by molar-refractivity contribution is 5.71. The molecule has 0 aromatic heterocycles. The summed E-state index contributed by atoms with van der Waals surface area (Å²) in [5.41, 5.74) is 0. The molecule has 6 heteroatoms. The molecule has 472 valence electrons. The Bertz CT molecular complexity index is 1750. The highest BCUT2D eigenvalue weighted by Gasteiger charge is 2.19. The third-order valence-corrected chi connectivity index (χ3v) is 14.6. The summed E-state index contributed by atoms with van der Waals surface area (Å²) in [5.74, 6) is -0.911. The highest BCUT2D eigenvalue weighted by Crippen LogP contribution is 2.16. The zero-order valence-electron chi connectivity index (χ0n) is 54.2. The minimum absolute atomic E-state index is 0.0914. The van der Waals surface area contributed by atoms with Gasteiger partial charge in [-0.15, -0.1) is 0 Å². The standard InChI is InChI=1S/C77H128O6/c1-4-7-10-13-16-19-22-25-27-29-31-33-35-37-38-40-41-43-45-47-49-52-55-58-61-64-67-70-76(79)82-73-74(72-81-75(78)69-66-63-60-57-54-51-24-21-18-15-12-9-6-3)83-77(80)71-68-65-62-59-56-53-50-48-46-44-42-39-36-34-32-30-28-26-23-20-17-14-11-8-5-2/h7,10,12,15-16,19,21,23-27,30-33,36-39,41,43,74H,4-6,8-9,11,13-14,17-18,20,22,28-29,34-35,40,42,44-73H2,1-3H3/b10-7-,15-12-,19-16-,24-21-,26-23-,27-25-,32-30-,33-31-,38-37-,39-36-,43-41-. The van der Waals surface area contributed by atoms with Gasteiger partial charge in [0.2, 0.25) is 0 Å². The summed E-state index contributed by atoms with van der Waals surface area (Å²) >= 11 is 0. The zero-order chi connectivity index (χ0) is 59.9. The molecular weight excluding hydrogens is 1020 g/mol. The molecule has 0 bridgehead atoms. The number of hydrogen-bond donors (Lipinski definition) is 0. The van der Waals surface area contributed by atoms with E-state index in [1.165, 1.54) is 128 Å². The molecule has 0 spiro atoms. The largest absolute Gasteiger partial charge is 0.462 e. The van der Waals surface area contributed by atoms with E-state index in [9.17, 15) is 14.4 Å². The van der Waals surface area contributed by atoms with E-state index < -0.39 is 6.10 Å². The van der Waals surface area contributed by atoms with Gasteiger partial charge < -0.3 is 14.2 Å². The Morgan fingerprint density at radius 1 is 0.253 bits per heavy atom. The van der Waals surface area contributed by atoms with E-state index in [2.05, 4.69) is 154 Å². The molecule has 0 aromatic carbocycles. The van der Waals surface area contributed by atoms with Gasteiger partial charge in [-0.1, -0.05) is 296 Å². The lowest BCUT2D eigenvalue weighted by Crippen LogP contribution is -2.30. The van der Waals surface area contributed by atoms with Crippen molar-refractivity contribution in [3.63, 3.8) is 0 Å². The van der Waals surface area contributed by atoms with Crippen LogP contribution in [0.3, 0.4) is 0 Å². The molecule has 83 heavy (non-hydrogen) atoms. The molecule has 6 nitrogen and oxygen atoms in total. The van der Waals surface area contributed by atoms with Gasteiger partial charge in [-0.3, -0.25) is 14.4 Å². The van der Waals surface area contributed by atoms with Gasteiger partial charge in [0.15, 0.2) is 6.10 Å². The second-order valence-electron chi connectivity index (χ2n) is 22.7. The van der Waals surface area contributed by atoms with Gasteiger partial charge in [-0.25, -0.2) is 0 Å². The first kappa shape index (κ1) is 78.5. The number of ether oxygens (including phenoxy) is 3. The van der Waals surface area contributed by atoms with Crippen LogP contribution in [0.25, 0.3) is 0 Å². The summed E-state index contributed by atoms with van der Waals surface area (Å²) < 4.78 is 16.9. The molecule has 0 radical (unpaired) electrons. The second kappa shape index (κ2) is 70.0. The van der Waals surface area contributed by atoms with E-state index in [0.29, 0.717) is 19.3 Å². The summed E-state index contributed by atoms with van der Waals surface area (Å²) in [6, 6.07) is 0. The fourth-order valence-electron chi connectivity index (χ4n) is 9.43. The molecule has 0 rings (SSSR count). The summed E-state index contributed by atoms with van der Waals surface area (Å²) in [4.78, 5) is 38.4. The summed E-state index contributed by atoms with van der Waals surface area (Å²) in [7, 11) is 0. The summed E-state index contributed by atoms with van der Waals surface area (Å²) in [6.45, 7) is 6.45. The number of carbonyl (C=O) groups is 3. The molecular formula is C77H128O6. The van der Waals surface area contributed by atoms with E-state index in [1.807, 2.05) is 0 Å². The maximum Gasteiger partial charge on any atom is 0.306 e.